The first-order chi connectivity index (χ1) is 37.7. The van der Waals surface area contributed by atoms with Crippen LogP contribution in [0.2, 0.25) is 5.02 Å². The lowest BCUT2D eigenvalue weighted by Gasteiger charge is -2.10. The van der Waals surface area contributed by atoms with E-state index < -0.39 is 23.9 Å². The zero-order valence-corrected chi connectivity index (χ0v) is 46.9. The smallest absolute Gasteiger partial charge is 0.343 e. The lowest BCUT2D eigenvalue weighted by atomic mass is 10.0. The quantitative estimate of drug-likeness (QED) is 0.0213. The predicted octanol–water partition coefficient (Wildman–Crippen LogP) is 18.9. The van der Waals surface area contributed by atoms with Gasteiger partial charge in [0.05, 0.1) is 40.5 Å². The van der Waals surface area contributed by atoms with Crippen molar-refractivity contribution in [1.82, 2.24) is 0 Å². The van der Waals surface area contributed by atoms with Crippen molar-refractivity contribution in [3.05, 3.63) is 143 Å². The first-order valence-corrected chi connectivity index (χ1v) is 29.4. The summed E-state index contributed by atoms with van der Waals surface area (Å²) in [6, 6.07) is 29.8. The van der Waals surface area contributed by atoms with E-state index in [1.807, 2.05) is 0 Å². The van der Waals surface area contributed by atoms with Crippen molar-refractivity contribution in [3.8, 4) is 34.5 Å². The van der Waals surface area contributed by atoms with Crippen LogP contribution >= 0.6 is 11.6 Å². The van der Waals surface area contributed by atoms with Crippen LogP contribution in [0, 0.1) is 0 Å². The molecule has 0 N–H and O–H groups in total. The number of rotatable bonds is 40. The van der Waals surface area contributed by atoms with Crippen molar-refractivity contribution in [2.75, 3.05) is 13.2 Å². The van der Waals surface area contributed by atoms with Crippen LogP contribution in [-0.4, -0.2) is 37.1 Å². The normalized spacial score (nSPS) is 11.0. The molecule has 0 heterocycles. The molecule has 0 spiro atoms. The van der Waals surface area contributed by atoms with Crippen LogP contribution in [0.1, 0.15) is 235 Å². The molecular weight excluding hydrogens is 988 g/mol. The minimum atomic E-state index is -0.748. The zero-order chi connectivity index (χ0) is 54.6. The van der Waals surface area contributed by atoms with Crippen molar-refractivity contribution in [1.29, 1.82) is 0 Å². The lowest BCUT2D eigenvalue weighted by molar-refractivity contribution is 0.0714. The van der Waals surface area contributed by atoms with Gasteiger partial charge in [-0.25, -0.2) is 19.2 Å². The maximum atomic E-state index is 13.1. The Morgan fingerprint density at radius 1 is 0.299 bits per heavy atom. The second-order valence-corrected chi connectivity index (χ2v) is 20.5. The Morgan fingerprint density at radius 3 is 0.857 bits per heavy atom. The van der Waals surface area contributed by atoms with Gasteiger partial charge in [-0.15, -0.1) is 0 Å². The topological polar surface area (TPSA) is 124 Å². The molecule has 0 aliphatic carbocycles. The van der Waals surface area contributed by atoms with Gasteiger partial charge in [0.1, 0.15) is 28.7 Å². The van der Waals surface area contributed by atoms with E-state index in [4.69, 9.17) is 40.0 Å². The number of unbranched alkanes of at least 4 members (excludes halogenated alkanes) is 26. The highest BCUT2D eigenvalue weighted by Gasteiger charge is 2.18. The number of halogens is 1. The molecule has 10 nitrogen and oxygen atoms in total. The number of carbonyl (C=O) groups is 4. The monoisotopic (exact) mass is 1070 g/mol. The van der Waals surface area contributed by atoms with E-state index in [1.165, 1.54) is 221 Å². The van der Waals surface area contributed by atoms with Gasteiger partial charge in [-0.3, -0.25) is 0 Å². The zero-order valence-electron chi connectivity index (χ0n) is 46.1. The fraction of sp³-hybridized carbons (Fsp3) is 0.485. The van der Waals surface area contributed by atoms with E-state index in [0.29, 0.717) is 36.2 Å². The molecule has 0 saturated heterocycles. The number of carbonyl (C=O) groups excluding carboxylic acids is 4. The molecule has 0 unspecified atom stereocenters. The molecule has 0 aliphatic rings. The summed E-state index contributed by atoms with van der Waals surface area (Å²) < 4.78 is 34.0. The molecule has 0 bridgehead atoms. The standard InChI is InChI=1S/C66H85ClO10/c1-3-5-7-9-11-13-15-17-19-21-23-25-27-29-49-72-56-39-43-58(44-40-56)74-63(68)52-31-33-54(34-32-52)65(70)76-60-47-48-61(67)62(51-60)77-66(71)55-37-35-53(36-38-55)64(69)75-59-45-41-57(42-46-59)73-50-30-28-26-24-22-20-18-16-14-12-10-8-6-4-2/h31-48,51H,3-30,49-50H2,1-2H3. The van der Waals surface area contributed by atoms with Crippen molar-refractivity contribution < 1.29 is 47.6 Å². The molecule has 5 aromatic carbocycles. The van der Waals surface area contributed by atoms with Crippen LogP contribution in [0.5, 0.6) is 34.5 Å². The molecule has 416 valence electrons. The average molecular weight is 1070 g/mol. The predicted molar refractivity (Wildman–Crippen MR) is 309 cm³/mol. The molecule has 0 atom stereocenters. The van der Waals surface area contributed by atoms with E-state index in [1.54, 1.807) is 48.5 Å². The van der Waals surface area contributed by atoms with Gasteiger partial charge in [0.2, 0.25) is 0 Å². The summed E-state index contributed by atoms with van der Waals surface area (Å²) in [5.74, 6) is -0.450. The van der Waals surface area contributed by atoms with Crippen LogP contribution in [0.25, 0.3) is 0 Å². The molecule has 11 heteroatoms. The highest BCUT2D eigenvalue weighted by molar-refractivity contribution is 6.32. The molecular formula is C66H85ClO10. The number of hydrogen-bond donors (Lipinski definition) is 0. The van der Waals surface area contributed by atoms with Crippen LogP contribution < -0.4 is 28.4 Å². The van der Waals surface area contributed by atoms with Crippen molar-refractivity contribution in [2.24, 2.45) is 0 Å². The molecule has 0 fully saturated rings. The summed E-state index contributed by atoms with van der Waals surface area (Å²) in [5.41, 5.74) is 0.796. The summed E-state index contributed by atoms with van der Waals surface area (Å²) in [6.07, 6.45) is 36.6. The van der Waals surface area contributed by atoms with Crippen molar-refractivity contribution >= 4 is 35.5 Å². The highest BCUT2D eigenvalue weighted by Crippen LogP contribution is 2.31. The summed E-state index contributed by atoms with van der Waals surface area (Å²) in [4.78, 5) is 52.1. The van der Waals surface area contributed by atoms with Gasteiger partial charge in [0.15, 0.2) is 5.75 Å². The summed E-state index contributed by atoms with van der Waals surface area (Å²) in [5, 5.41) is 0.106. The number of benzene rings is 5. The number of ether oxygens (including phenoxy) is 6. The van der Waals surface area contributed by atoms with Crippen LogP contribution in [0.15, 0.2) is 115 Å². The Labute approximate surface area is 464 Å². The molecule has 77 heavy (non-hydrogen) atoms. The Kier molecular flexibility index (Phi) is 30.1. The number of esters is 4. The molecule has 0 amide bonds. The second-order valence-electron chi connectivity index (χ2n) is 20.1. The lowest BCUT2D eigenvalue weighted by Crippen LogP contribution is -2.12. The van der Waals surface area contributed by atoms with Crippen LogP contribution in [0.4, 0.5) is 0 Å². The Bertz CT molecular complexity index is 2430. The van der Waals surface area contributed by atoms with E-state index in [2.05, 4.69) is 13.8 Å². The van der Waals surface area contributed by atoms with Crippen molar-refractivity contribution in [3.63, 3.8) is 0 Å². The van der Waals surface area contributed by atoms with E-state index in [-0.39, 0.29) is 38.8 Å². The third kappa shape index (κ3) is 25.3. The first-order valence-electron chi connectivity index (χ1n) is 29.1. The maximum Gasteiger partial charge on any atom is 0.343 e. The third-order valence-corrected chi connectivity index (χ3v) is 13.9. The molecule has 5 rings (SSSR count). The van der Waals surface area contributed by atoms with E-state index in [0.717, 1.165) is 25.7 Å². The summed E-state index contributed by atoms with van der Waals surface area (Å²) >= 11 is 6.36. The van der Waals surface area contributed by atoms with Gasteiger partial charge in [-0.2, -0.15) is 0 Å². The average Bonchev–Trinajstić information content (AvgIpc) is 3.44. The molecule has 5 aromatic rings. The molecule has 0 saturated carbocycles. The van der Waals surface area contributed by atoms with Gasteiger partial charge in [-0.1, -0.05) is 192 Å². The summed E-state index contributed by atoms with van der Waals surface area (Å²) in [7, 11) is 0. The third-order valence-electron chi connectivity index (χ3n) is 13.6. The molecule has 0 aliphatic heterocycles. The summed E-state index contributed by atoms with van der Waals surface area (Å²) in [6.45, 7) is 5.81. The molecule has 0 radical (unpaired) electrons. The van der Waals surface area contributed by atoms with Gasteiger partial charge in [-0.05, 0) is 122 Å². The Morgan fingerprint density at radius 2 is 0.545 bits per heavy atom. The molecule has 0 aromatic heterocycles. The fourth-order valence-corrected chi connectivity index (χ4v) is 9.10. The minimum Gasteiger partial charge on any atom is -0.494 e. The van der Waals surface area contributed by atoms with Crippen LogP contribution in [0.3, 0.4) is 0 Å². The second kappa shape index (κ2) is 37.6. The first kappa shape index (κ1) is 61.7. The van der Waals surface area contributed by atoms with E-state index in [9.17, 15) is 19.2 Å². The minimum absolute atomic E-state index is 0.0415. The van der Waals surface area contributed by atoms with Crippen molar-refractivity contribution in [2.45, 2.75) is 194 Å². The SMILES string of the molecule is CCCCCCCCCCCCCCCCOc1ccc(OC(=O)c2ccc(C(=O)Oc3ccc(Cl)c(OC(=O)c4ccc(C(=O)Oc5ccc(OCCCCCCCCCCCCCCCC)cc5)cc4)c3)cc2)cc1. The fourth-order valence-electron chi connectivity index (χ4n) is 8.95. The number of hydrogen-bond acceptors (Lipinski definition) is 10. The van der Waals surface area contributed by atoms with Gasteiger partial charge in [0, 0.05) is 6.07 Å². The van der Waals surface area contributed by atoms with Gasteiger partial charge in [0.25, 0.3) is 0 Å². The Hall–Kier alpha value is -6.13. The largest absolute Gasteiger partial charge is 0.494 e. The van der Waals surface area contributed by atoms with E-state index >= 15 is 0 Å². The van der Waals surface area contributed by atoms with Gasteiger partial charge >= 0.3 is 23.9 Å². The maximum absolute atomic E-state index is 13.1. The van der Waals surface area contributed by atoms with Gasteiger partial charge < -0.3 is 28.4 Å². The van der Waals surface area contributed by atoms with Crippen LogP contribution in [-0.2, 0) is 0 Å². The Balaban J connectivity index is 0.941. The highest BCUT2D eigenvalue weighted by atomic mass is 35.5.